The van der Waals surface area contributed by atoms with Gasteiger partial charge in [0.15, 0.2) is 0 Å². The molecule has 0 radical (unpaired) electrons. The Morgan fingerprint density at radius 1 is 1.23 bits per heavy atom. The summed E-state index contributed by atoms with van der Waals surface area (Å²) in [5.41, 5.74) is 1.04. The number of hydrogen-bond donors (Lipinski definition) is 1. The molecule has 8 heteroatoms. The van der Waals surface area contributed by atoms with Gasteiger partial charge in [-0.2, -0.15) is 0 Å². The number of non-ortho nitro benzene ring substituents is 1. The zero-order valence-corrected chi connectivity index (χ0v) is 14.6. The van der Waals surface area contributed by atoms with E-state index < -0.39 is 4.92 Å². The molecule has 8 nitrogen and oxygen atoms in total. The Hall–Kier alpha value is -3.00. The van der Waals surface area contributed by atoms with Crippen LogP contribution in [0.4, 0.5) is 11.5 Å². The summed E-state index contributed by atoms with van der Waals surface area (Å²) in [5.74, 6) is 0.587. The minimum Gasteiger partial charge on any atom is -0.354 e. The molecule has 1 amide bonds. The first kappa shape index (κ1) is 17.8. The third-order valence-corrected chi connectivity index (χ3v) is 4.41. The van der Waals surface area contributed by atoms with Crippen molar-refractivity contribution < 1.29 is 9.72 Å². The third-order valence-electron chi connectivity index (χ3n) is 4.41. The van der Waals surface area contributed by atoms with Crippen LogP contribution in [0.3, 0.4) is 0 Å². The van der Waals surface area contributed by atoms with Crippen LogP contribution in [0.25, 0.3) is 0 Å². The molecule has 1 N–H and O–H groups in total. The summed E-state index contributed by atoms with van der Waals surface area (Å²) < 4.78 is 0. The van der Waals surface area contributed by atoms with Gasteiger partial charge in [-0.3, -0.25) is 14.9 Å². The Balaban J connectivity index is 1.57. The van der Waals surface area contributed by atoms with Crippen LogP contribution >= 0.6 is 0 Å². The van der Waals surface area contributed by atoms with Gasteiger partial charge in [0, 0.05) is 56.6 Å². The zero-order chi connectivity index (χ0) is 18.5. The number of aromatic nitrogens is 1. The van der Waals surface area contributed by atoms with E-state index in [9.17, 15) is 14.9 Å². The molecule has 0 spiro atoms. The molecule has 0 atom stereocenters. The summed E-state index contributed by atoms with van der Waals surface area (Å²) in [7, 11) is 2.11. The molecule has 0 bridgehead atoms. The highest BCUT2D eigenvalue weighted by Crippen LogP contribution is 2.15. The van der Waals surface area contributed by atoms with E-state index in [1.807, 2.05) is 12.1 Å². The number of anilines is 1. The van der Waals surface area contributed by atoms with Gasteiger partial charge in [-0.05, 0) is 24.7 Å². The van der Waals surface area contributed by atoms with Crippen LogP contribution in [0.15, 0.2) is 42.6 Å². The van der Waals surface area contributed by atoms with E-state index in [1.165, 1.54) is 18.2 Å². The fourth-order valence-corrected chi connectivity index (χ4v) is 2.79. The second-order valence-corrected chi connectivity index (χ2v) is 6.31. The van der Waals surface area contributed by atoms with Crippen molar-refractivity contribution in [1.82, 2.24) is 15.2 Å². The molecule has 1 aliphatic heterocycles. The molecule has 3 rings (SSSR count). The molecular weight excluding hydrogens is 334 g/mol. The SMILES string of the molecule is CN1CCN(c2ccc(CNC(=O)c3cccc([N+](=O)[O-])c3)cn2)CC1. The number of benzene rings is 1. The van der Waals surface area contributed by atoms with Crippen molar-refractivity contribution in [3.63, 3.8) is 0 Å². The Kier molecular flexibility index (Phi) is 5.43. The Morgan fingerprint density at radius 3 is 2.65 bits per heavy atom. The number of carbonyl (C=O) groups is 1. The summed E-state index contributed by atoms with van der Waals surface area (Å²) in [6, 6.07) is 9.58. The van der Waals surface area contributed by atoms with Crippen molar-refractivity contribution in [2.75, 3.05) is 38.1 Å². The molecule has 1 aromatic carbocycles. The summed E-state index contributed by atoms with van der Waals surface area (Å²) in [6.45, 7) is 4.25. The van der Waals surface area contributed by atoms with Gasteiger partial charge < -0.3 is 15.1 Å². The number of amides is 1. The van der Waals surface area contributed by atoms with Crippen molar-refractivity contribution in [1.29, 1.82) is 0 Å². The Bertz CT molecular complexity index is 786. The second-order valence-electron chi connectivity index (χ2n) is 6.31. The van der Waals surface area contributed by atoms with E-state index >= 15 is 0 Å². The number of carbonyl (C=O) groups excluding carboxylic acids is 1. The van der Waals surface area contributed by atoms with E-state index in [0.717, 1.165) is 37.6 Å². The lowest BCUT2D eigenvalue weighted by atomic mass is 10.2. The predicted octanol–water partition coefficient (Wildman–Crippen LogP) is 1.67. The highest BCUT2D eigenvalue weighted by atomic mass is 16.6. The average molecular weight is 355 g/mol. The van der Waals surface area contributed by atoms with Gasteiger partial charge in [-0.15, -0.1) is 0 Å². The number of nitrogens with one attached hydrogen (secondary N) is 1. The molecule has 0 unspecified atom stereocenters. The van der Waals surface area contributed by atoms with Gasteiger partial charge >= 0.3 is 0 Å². The minimum absolute atomic E-state index is 0.101. The molecule has 1 fully saturated rings. The maximum absolute atomic E-state index is 12.2. The first-order valence-corrected chi connectivity index (χ1v) is 8.44. The highest BCUT2D eigenvalue weighted by Gasteiger charge is 2.15. The largest absolute Gasteiger partial charge is 0.354 e. The molecule has 1 aliphatic rings. The van der Waals surface area contributed by atoms with Gasteiger partial charge in [0.2, 0.25) is 0 Å². The molecule has 1 saturated heterocycles. The van der Waals surface area contributed by atoms with Gasteiger partial charge in [0.1, 0.15) is 5.82 Å². The molecule has 2 aromatic rings. The van der Waals surface area contributed by atoms with Crippen LogP contribution in [0.1, 0.15) is 15.9 Å². The molecule has 2 heterocycles. The van der Waals surface area contributed by atoms with Crippen molar-refractivity contribution in [3.05, 3.63) is 63.8 Å². The van der Waals surface area contributed by atoms with E-state index in [-0.39, 0.29) is 17.2 Å². The predicted molar refractivity (Wildman–Crippen MR) is 98.2 cm³/mol. The van der Waals surface area contributed by atoms with Crippen LogP contribution in [0.2, 0.25) is 0 Å². The fourth-order valence-electron chi connectivity index (χ4n) is 2.79. The number of rotatable bonds is 5. The molecule has 1 aromatic heterocycles. The van der Waals surface area contributed by atoms with E-state index in [4.69, 9.17) is 0 Å². The zero-order valence-electron chi connectivity index (χ0n) is 14.6. The first-order valence-electron chi connectivity index (χ1n) is 8.44. The standard InChI is InChI=1S/C18H21N5O3/c1-21-7-9-22(10-8-21)17-6-5-14(12-19-17)13-20-18(24)15-3-2-4-16(11-15)23(25)26/h2-6,11-12H,7-10,13H2,1H3,(H,20,24). The fraction of sp³-hybridized carbons (Fsp3) is 0.333. The number of nitrogens with zero attached hydrogens (tertiary/aromatic N) is 4. The van der Waals surface area contributed by atoms with Crippen molar-refractivity contribution >= 4 is 17.4 Å². The Morgan fingerprint density at radius 2 is 2.00 bits per heavy atom. The monoisotopic (exact) mass is 355 g/mol. The molecule has 0 saturated carbocycles. The molecular formula is C18H21N5O3. The van der Waals surface area contributed by atoms with Gasteiger partial charge in [-0.1, -0.05) is 12.1 Å². The minimum atomic E-state index is -0.516. The average Bonchev–Trinajstić information content (AvgIpc) is 2.67. The second kappa shape index (κ2) is 7.92. The lowest BCUT2D eigenvalue weighted by Gasteiger charge is -2.33. The van der Waals surface area contributed by atoms with Crippen molar-refractivity contribution in [3.8, 4) is 0 Å². The summed E-state index contributed by atoms with van der Waals surface area (Å²) in [5, 5.41) is 13.6. The smallest absolute Gasteiger partial charge is 0.270 e. The van der Waals surface area contributed by atoms with Gasteiger partial charge in [0.25, 0.3) is 11.6 Å². The van der Waals surface area contributed by atoms with Crippen molar-refractivity contribution in [2.45, 2.75) is 6.54 Å². The maximum Gasteiger partial charge on any atom is 0.270 e. The maximum atomic E-state index is 12.2. The summed E-state index contributed by atoms with van der Waals surface area (Å²) in [4.78, 5) is 31.5. The quantitative estimate of drug-likeness (QED) is 0.648. The summed E-state index contributed by atoms with van der Waals surface area (Å²) in [6.07, 6.45) is 1.75. The highest BCUT2D eigenvalue weighted by molar-refractivity contribution is 5.94. The van der Waals surface area contributed by atoms with Crippen LogP contribution in [-0.4, -0.2) is 53.9 Å². The molecule has 136 valence electrons. The van der Waals surface area contributed by atoms with Crippen LogP contribution in [0.5, 0.6) is 0 Å². The number of hydrogen-bond acceptors (Lipinski definition) is 6. The Labute approximate surface area is 151 Å². The number of pyridine rings is 1. The molecule has 26 heavy (non-hydrogen) atoms. The molecule has 0 aliphatic carbocycles. The van der Waals surface area contributed by atoms with Crippen LogP contribution in [-0.2, 0) is 6.54 Å². The van der Waals surface area contributed by atoms with Gasteiger partial charge in [-0.25, -0.2) is 4.98 Å². The van der Waals surface area contributed by atoms with Crippen LogP contribution < -0.4 is 10.2 Å². The number of nitro benzene ring substituents is 1. The first-order chi connectivity index (χ1) is 12.5. The topological polar surface area (TPSA) is 91.6 Å². The normalized spacial score (nSPS) is 14.9. The van der Waals surface area contributed by atoms with E-state index in [1.54, 1.807) is 12.3 Å². The van der Waals surface area contributed by atoms with Gasteiger partial charge in [0.05, 0.1) is 4.92 Å². The number of piperazine rings is 1. The summed E-state index contributed by atoms with van der Waals surface area (Å²) >= 11 is 0. The van der Waals surface area contributed by atoms with E-state index in [2.05, 4.69) is 27.1 Å². The van der Waals surface area contributed by atoms with Crippen molar-refractivity contribution in [2.24, 2.45) is 0 Å². The lowest BCUT2D eigenvalue weighted by molar-refractivity contribution is -0.384. The van der Waals surface area contributed by atoms with E-state index in [0.29, 0.717) is 6.54 Å². The number of likely N-dealkylation sites (N-methyl/N-ethyl adjacent to an activating group) is 1. The lowest BCUT2D eigenvalue weighted by Crippen LogP contribution is -2.44. The third kappa shape index (κ3) is 4.34. The van der Waals surface area contributed by atoms with Crippen LogP contribution in [0, 0.1) is 10.1 Å². The number of nitro groups is 1.